The summed E-state index contributed by atoms with van der Waals surface area (Å²) < 4.78 is 7.00. The monoisotopic (exact) mass is 298 g/mol. The molecule has 3 nitrogen and oxygen atoms in total. The molecule has 0 aliphatic rings. The number of thiophene rings is 1. The van der Waals surface area contributed by atoms with Crippen LogP contribution in [-0.4, -0.2) is 6.61 Å². The van der Waals surface area contributed by atoms with E-state index < -0.39 is 0 Å². The van der Waals surface area contributed by atoms with E-state index >= 15 is 0 Å². The lowest BCUT2D eigenvalue weighted by Crippen LogP contribution is -2.29. The van der Waals surface area contributed by atoms with E-state index in [1.807, 2.05) is 25.1 Å². The highest BCUT2D eigenvalue weighted by molar-refractivity contribution is 7.17. The van der Waals surface area contributed by atoms with Gasteiger partial charge in [-0.2, -0.15) is 0 Å². The van der Waals surface area contributed by atoms with Crippen LogP contribution in [0.15, 0.2) is 53.9 Å². The van der Waals surface area contributed by atoms with Crippen molar-refractivity contribution in [1.82, 2.24) is 5.43 Å². The van der Waals surface area contributed by atoms with Crippen LogP contribution in [0.3, 0.4) is 0 Å². The highest BCUT2D eigenvalue weighted by Gasteiger charge is 2.19. The van der Waals surface area contributed by atoms with Crippen molar-refractivity contribution >= 4 is 21.4 Å². The van der Waals surface area contributed by atoms with Crippen LogP contribution in [0.2, 0.25) is 0 Å². The van der Waals surface area contributed by atoms with E-state index in [0.717, 1.165) is 11.3 Å². The molecule has 0 amide bonds. The highest BCUT2D eigenvalue weighted by Crippen LogP contribution is 2.36. The molecule has 2 aromatic carbocycles. The van der Waals surface area contributed by atoms with Crippen molar-refractivity contribution < 1.29 is 4.74 Å². The van der Waals surface area contributed by atoms with Crippen LogP contribution in [0.4, 0.5) is 0 Å². The predicted octanol–water partition coefficient (Wildman–Crippen LogP) is 3.85. The van der Waals surface area contributed by atoms with Gasteiger partial charge in [-0.3, -0.25) is 5.84 Å². The summed E-state index contributed by atoms with van der Waals surface area (Å²) >= 11 is 1.74. The molecule has 0 spiro atoms. The molecule has 0 radical (unpaired) electrons. The Morgan fingerprint density at radius 1 is 1.10 bits per heavy atom. The predicted molar refractivity (Wildman–Crippen MR) is 88.6 cm³/mol. The summed E-state index contributed by atoms with van der Waals surface area (Å²) in [6.45, 7) is 2.63. The van der Waals surface area contributed by atoms with E-state index in [4.69, 9.17) is 10.6 Å². The Balaban J connectivity index is 2.10. The average Bonchev–Trinajstić information content (AvgIpc) is 2.94. The molecule has 0 aliphatic carbocycles. The van der Waals surface area contributed by atoms with Crippen molar-refractivity contribution in [1.29, 1.82) is 0 Å². The van der Waals surface area contributed by atoms with Crippen molar-refractivity contribution in [3.8, 4) is 5.75 Å². The lowest BCUT2D eigenvalue weighted by Gasteiger charge is -2.19. The normalized spacial score (nSPS) is 12.5. The summed E-state index contributed by atoms with van der Waals surface area (Å²) in [5, 5.41) is 3.40. The summed E-state index contributed by atoms with van der Waals surface area (Å²) in [5.74, 6) is 6.72. The molecule has 1 heterocycles. The van der Waals surface area contributed by atoms with Crippen LogP contribution in [-0.2, 0) is 0 Å². The van der Waals surface area contributed by atoms with Crippen LogP contribution < -0.4 is 16.0 Å². The first-order valence-electron chi connectivity index (χ1n) is 6.99. The highest BCUT2D eigenvalue weighted by atomic mass is 32.1. The van der Waals surface area contributed by atoms with Gasteiger partial charge in [0, 0.05) is 10.3 Å². The quantitative estimate of drug-likeness (QED) is 0.555. The van der Waals surface area contributed by atoms with Gasteiger partial charge in [0.1, 0.15) is 5.75 Å². The molecule has 0 saturated carbocycles. The number of benzene rings is 2. The Bertz CT molecular complexity index is 738. The van der Waals surface area contributed by atoms with Gasteiger partial charge in [0.25, 0.3) is 0 Å². The lowest BCUT2D eigenvalue weighted by atomic mass is 9.98. The second kappa shape index (κ2) is 6.26. The molecule has 108 valence electrons. The number of ether oxygens (including phenoxy) is 1. The molecule has 4 heteroatoms. The Kier molecular flexibility index (Phi) is 4.20. The second-order valence-corrected chi connectivity index (χ2v) is 5.67. The molecular weight excluding hydrogens is 280 g/mol. The van der Waals surface area contributed by atoms with Crippen LogP contribution in [0.5, 0.6) is 5.75 Å². The number of hydrogen-bond acceptors (Lipinski definition) is 4. The van der Waals surface area contributed by atoms with Crippen LogP contribution in [0, 0.1) is 0 Å². The maximum Gasteiger partial charge on any atom is 0.124 e. The minimum absolute atomic E-state index is 0.0797. The fourth-order valence-electron chi connectivity index (χ4n) is 2.57. The molecule has 3 aromatic rings. The zero-order valence-electron chi connectivity index (χ0n) is 11.9. The number of fused-ring (bicyclic) bond motifs is 1. The van der Waals surface area contributed by atoms with Gasteiger partial charge in [-0.25, -0.2) is 5.43 Å². The molecule has 0 bridgehead atoms. The van der Waals surface area contributed by atoms with E-state index in [0.29, 0.717) is 6.61 Å². The van der Waals surface area contributed by atoms with E-state index in [1.165, 1.54) is 15.6 Å². The smallest absolute Gasteiger partial charge is 0.124 e. The third-order valence-electron chi connectivity index (χ3n) is 3.52. The molecule has 1 aromatic heterocycles. The average molecular weight is 298 g/mol. The molecule has 0 saturated heterocycles. The Morgan fingerprint density at radius 2 is 1.86 bits per heavy atom. The molecule has 21 heavy (non-hydrogen) atoms. The Labute approximate surface area is 128 Å². The number of nitrogens with two attached hydrogens (primary N) is 1. The minimum Gasteiger partial charge on any atom is -0.494 e. The largest absolute Gasteiger partial charge is 0.494 e. The van der Waals surface area contributed by atoms with Gasteiger partial charge < -0.3 is 4.74 Å². The van der Waals surface area contributed by atoms with E-state index in [2.05, 4.69) is 41.1 Å². The van der Waals surface area contributed by atoms with E-state index in [-0.39, 0.29) is 6.04 Å². The van der Waals surface area contributed by atoms with E-state index in [1.54, 1.807) is 11.3 Å². The molecular formula is C17H18N2OS. The topological polar surface area (TPSA) is 47.3 Å². The summed E-state index contributed by atoms with van der Waals surface area (Å²) in [6, 6.07) is 16.3. The maximum atomic E-state index is 5.85. The second-order valence-electron chi connectivity index (χ2n) is 4.76. The fourth-order valence-corrected chi connectivity index (χ4v) is 3.56. The van der Waals surface area contributed by atoms with Crippen molar-refractivity contribution in [2.24, 2.45) is 5.84 Å². The van der Waals surface area contributed by atoms with E-state index in [9.17, 15) is 0 Å². The number of para-hydroxylation sites is 1. The van der Waals surface area contributed by atoms with Crippen molar-refractivity contribution in [3.05, 3.63) is 65.0 Å². The van der Waals surface area contributed by atoms with Crippen molar-refractivity contribution in [2.75, 3.05) is 6.61 Å². The summed E-state index contributed by atoms with van der Waals surface area (Å²) in [5.41, 5.74) is 5.18. The lowest BCUT2D eigenvalue weighted by molar-refractivity contribution is 0.333. The zero-order valence-corrected chi connectivity index (χ0v) is 12.7. The molecule has 1 unspecified atom stereocenters. The minimum atomic E-state index is -0.0797. The summed E-state index contributed by atoms with van der Waals surface area (Å²) in [4.78, 5) is 0. The third-order valence-corrected chi connectivity index (χ3v) is 4.50. The molecule has 3 rings (SSSR count). The molecule has 1 atom stereocenters. The van der Waals surface area contributed by atoms with Gasteiger partial charge in [-0.1, -0.05) is 36.4 Å². The van der Waals surface area contributed by atoms with Crippen LogP contribution >= 0.6 is 11.3 Å². The first kappa shape index (κ1) is 14.1. The molecule has 3 N–H and O–H groups in total. The maximum absolute atomic E-state index is 5.85. The molecule has 0 fully saturated rings. The Hall–Kier alpha value is -1.88. The van der Waals surface area contributed by atoms with Crippen molar-refractivity contribution in [2.45, 2.75) is 13.0 Å². The van der Waals surface area contributed by atoms with Gasteiger partial charge in [-0.05, 0) is 35.4 Å². The zero-order chi connectivity index (χ0) is 14.7. The first-order valence-corrected chi connectivity index (χ1v) is 7.87. The first-order chi connectivity index (χ1) is 10.3. The summed E-state index contributed by atoms with van der Waals surface area (Å²) in [7, 11) is 0. The molecule has 0 aliphatic heterocycles. The number of rotatable bonds is 5. The van der Waals surface area contributed by atoms with Crippen LogP contribution in [0.25, 0.3) is 10.1 Å². The van der Waals surface area contributed by atoms with Gasteiger partial charge >= 0.3 is 0 Å². The number of hydrazine groups is 1. The third kappa shape index (κ3) is 2.65. The standard InChI is InChI=1S/C17H18N2OS/c1-2-20-15-9-5-3-8-13(15)17(19-18)14-11-21-16-10-6-4-7-12(14)16/h3-11,17,19H,2,18H2,1H3. The van der Waals surface area contributed by atoms with Gasteiger partial charge in [-0.15, -0.1) is 11.3 Å². The SMILES string of the molecule is CCOc1ccccc1C(NN)c1csc2ccccc12. The summed E-state index contributed by atoms with van der Waals surface area (Å²) in [6.07, 6.45) is 0. The van der Waals surface area contributed by atoms with Crippen LogP contribution in [0.1, 0.15) is 24.1 Å². The number of nitrogens with one attached hydrogen (secondary N) is 1. The fraction of sp³-hybridized carbons (Fsp3) is 0.176. The van der Waals surface area contributed by atoms with Gasteiger partial charge in [0.15, 0.2) is 0 Å². The Morgan fingerprint density at radius 3 is 2.67 bits per heavy atom. The van der Waals surface area contributed by atoms with Gasteiger partial charge in [0.05, 0.1) is 12.6 Å². The van der Waals surface area contributed by atoms with Crippen molar-refractivity contribution in [3.63, 3.8) is 0 Å². The van der Waals surface area contributed by atoms with Gasteiger partial charge in [0.2, 0.25) is 0 Å². The number of hydrogen-bond donors (Lipinski definition) is 2.